The van der Waals surface area contributed by atoms with Gasteiger partial charge in [-0.25, -0.2) is 0 Å². The third kappa shape index (κ3) is 66.6. The first-order chi connectivity index (χ1) is 40.5. The van der Waals surface area contributed by atoms with E-state index in [0.29, 0.717) is 19.3 Å². The quantitative estimate of drug-likeness (QED) is 0.0261. The predicted octanol–water partition coefficient (Wildman–Crippen LogP) is 23.9. The highest BCUT2D eigenvalue weighted by atomic mass is 16.6. The molecule has 0 fully saturated rings. The van der Waals surface area contributed by atoms with E-state index in [1.54, 1.807) is 0 Å². The van der Waals surface area contributed by atoms with Crippen molar-refractivity contribution >= 4 is 17.9 Å². The Morgan fingerprint density at radius 2 is 0.476 bits per heavy atom. The Bertz CT molecular complexity index is 1690. The third-order valence-corrected chi connectivity index (χ3v) is 14.7. The van der Waals surface area contributed by atoms with Crippen molar-refractivity contribution in [3.05, 3.63) is 122 Å². The first-order valence-electron chi connectivity index (χ1n) is 34.5. The molecule has 0 bridgehead atoms. The molecule has 0 N–H and O–H groups in total. The number of carbonyl (C=O) groups is 3. The van der Waals surface area contributed by atoms with Crippen LogP contribution in [-0.4, -0.2) is 37.2 Å². The molecular formula is C76H128O6. The normalized spacial score (nSPS) is 12.9. The molecule has 0 aliphatic rings. The molecular weight excluding hydrogens is 1010 g/mol. The standard InChI is InChI=1S/C76H128O6/c1-4-7-10-13-16-19-22-25-28-29-30-31-32-33-34-35-36-37-38-39-40-41-42-43-44-45-46-47-49-51-54-57-60-63-66-69-75(78)81-72-73(71-80-74(77)68-65-62-59-56-53-50-27-24-21-18-15-12-9-6-3)82-76(79)70-67-64-61-58-55-52-48-26-23-20-17-14-11-8-5-2/h7-8,10-11,15-20,24-28,30-31,33-34,48,73H,4-6,9,12-14,21-23,29,32,35-47,49-72H2,1-3H3/b10-7-,11-8-,18-15-,19-16-,20-17-,27-24-,28-25-,31-30-,34-33-,48-26-. The summed E-state index contributed by atoms with van der Waals surface area (Å²) in [5, 5.41) is 0. The summed E-state index contributed by atoms with van der Waals surface area (Å²) in [5.41, 5.74) is 0. The Morgan fingerprint density at radius 1 is 0.256 bits per heavy atom. The second-order valence-electron chi connectivity index (χ2n) is 22.7. The molecule has 82 heavy (non-hydrogen) atoms. The lowest BCUT2D eigenvalue weighted by atomic mass is 10.0. The average molecular weight is 1140 g/mol. The van der Waals surface area contributed by atoms with Gasteiger partial charge in [-0.05, 0) is 122 Å². The van der Waals surface area contributed by atoms with Crippen LogP contribution in [0.5, 0.6) is 0 Å². The van der Waals surface area contributed by atoms with E-state index in [4.69, 9.17) is 14.2 Å². The van der Waals surface area contributed by atoms with Crippen LogP contribution < -0.4 is 0 Å². The molecule has 0 heterocycles. The van der Waals surface area contributed by atoms with Crippen molar-refractivity contribution in [1.82, 2.24) is 0 Å². The monoisotopic (exact) mass is 1140 g/mol. The van der Waals surface area contributed by atoms with Gasteiger partial charge in [-0.1, -0.05) is 303 Å². The van der Waals surface area contributed by atoms with Crippen LogP contribution in [0.2, 0.25) is 0 Å². The second kappa shape index (κ2) is 69.3. The maximum absolute atomic E-state index is 12.9. The molecule has 468 valence electrons. The van der Waals surface area contributed by atoms with Gasteiger partial charge in [0.05, 0.1) is 0 Å². The zero-order valence-electron chi connectivity index (χ0n) is 53.7. The van der Waals surface area contributed by atoms with Crippen molar-refractivity contribution in [2.45, 2.75) is 329 Å². The fourth-order valence-corrected chi connectivity index (χ4v) is 9.56. The number of ether oxygens (including phenoxy) is 3. The summed E-state index contributed by atoms with van der Waals surface area (Å²) < 4.78 is 16.9. The minimum atomic E-state index is -0.794. The Morgan fingerprint density at radius 3 is 0.744 bits per heavy atom. The molecule has 0 radical (unpaired) electrons. The highest BCUT2D eigenvalue weighted by Gasteiger charge is 2.19. The summed E-state index contributed by atoms with van der Waals surface area (Å²) in [6.07, 6.45) is 96.6. The van der Waals surface area contributed by atoms with E-state index in [0.717, 1.165) is 154 Å². The molecule has 0 aromatic heterocycles. The van der Waals surface area contributed by atoms with Crippen molar-refractivity contribution in [3.8, 4) is 0 Å². The van der Waals surface area contributed by atoms with Crippen molar-refractivity contribution in [1.29, 1.82) is 0 Å². The first kappa shape index (κ1) is 77.8. The van der Waals surface area contributed by atoms with E-state index < -0.39 is 6.10 Å². The van der Waals surface area contributed by atoms with Crippen LogP contribution in [0.3, 0.4) is 0 Å². The molecule has 1 unspecified atom stereocenters. The minimum Gasteiger partial charge on any atom is -0.462 e. The molecule has 0 amide bonds. The van der Waals surface area contributed by atoms with Gasteiger partial charge >= 0.3 is 17.9 Å². The fraction of sp³-hybridized carbons (Fsp3) is 0.697. The van der Waals surface area contributed by atoms with E-state index in [1.807, 2.05) is 0 Å². The summed E-state index contributed by atoms with van der Waals surface area (Å²) in [4.78, 5) is 38.3. The van der Waals surface area contributed by atoms with Gasteiger partial charge in [0.2, 0.25) is 0 Å². The maximum Gasteiger partial charge on any atom is 0.306 e. The zero-order chi connectivity index (χ0) is 59.2. The predicted molar refractivity (Wildman–Crippen MR) is 357 cm³/mol. The molecule has 0 aromatic rings. The molecule has 6 nitrogen and oxygen atoms in total. The molecule has 6 heteroatoms. The number of unbranched alkanes of at least 4 members (excludes halogenated alkanes) is 31. The Kier molecular flexibility index (Phi) is 65.8. The summed E-state index contributed by atoms with van der Waals surface area (Å²) in [5.74, 6) is -0.910. The van der Waals surface area contributed by atoms with E-state index >= 15 is 0 Å². The smallest absolute Gasteiger partial charge is 0.306 e. The summed E-state index contributed by atoms with van der Waals surface area (Å²) in [7, 11) is 0. The molecule has 0 saturated carbocycles. The molecule has 0 rings (SSSR count). The number of allylic oxidation sites excluding steroid dienone is 20. The third-order valence-electron chi connectivity index (χ3n) is 14.7. The van der Waals surface area contributed by atoms with Crippen LogP contribution in [0.25, 0.3) is 0 Å². The molecule has 0 aliphatic heterocycles. The highest BCUT2D eigenvalue weighted by Crippen LogP contribution is 2.17. The van der Waals surface area contributed by atoms with Crippen LogP contribution in [-0.2, 0) is 28.6 Å². The average Bonchev–Trinajstić information content (AvgIpc) is 3.48. The van der Waals surface area contributed by atoms with Gasteiger partial charge in [0, 0.05) is 19.3 Å². The van der Waals surface area contributed by atoms with Gasteiger partial charge in [0.15, 0.2) is 6.10 Å². The summed E-state index contributed by atoms with van der Waals surface area (Å²) in [6.45, 7) is 6.37. The van der Waals surface area contributed by atoms with Crippen molar-refractivity contribution in [2.75, 3.05) is 13.2 Å². The first-order valence-corrected chi connectivity index (χ1v) is 34.5. The van der Waals surface area contributed by atoms with Crippen LogP contribution in [0.4, 0.5) is 0 Å². The number of esters is 3. The van der Waals surface area contributed by atoms with Crippen LogP contribution in [0.15, 0.2) is 122 Å². The Hall–Kier alpha value is -4.19. The topological polar surface area (TPSA) is 78.9 Å². The fourth-order valence-electron chi connectivity index (χ4n) is 9.56. The molecule has 1 atom stereocenters. The minimum absolute atomic E-state index is 0.0883. The van der Waals surface area contributed by atoms with Gasteiger partial charge < -0.3 is 14.2 Å². The van der Waals surface area contributed by atoms with Gasteiger partial charge in [-0.15, -0.1) is 0 Å². The summed E-state index contributed by atoms with van der Waals surface area (Å²) >= 11 is 0. The number of hydrogen-bond donors (Lipinski definition) is 0. The van der Waals surface area contributed by atoms with Gasteiger partial charge in [0.25, 0.3) is 0 Å². The van der Waals surface area contributed by atoms with E-state index in [9.17, 15) is 14.4 Å². The maximum atomic E-state index is 12.9. The Balaban J connectivity index is 4.15. The van der Waals surface area contributed by atoms with Crippen LogP contribution in [0, 0.1) is 0 Å². The lowest BCUT2D eigenvalue weighted by Gasteiger charge is -2.18. The largest absolute Gasteiger partial charge is 0.462 e. The Labute approximate surface area is 507 Å². The van der Waals surface area contributed by atoms with E-state index in [-0.39, 0.29) is 31.1 Å². The van der Waals surface area contributed by atoms with E-state index in [1.165, 1.54) is 128 Å². The highest BCUT2D eigenvalue weighted by molar-refractivity contribution is 5.71. The molecule has 0 aromatic carbocycles. The number of rotatable bonds is 62. The van der Waals surface area contributed by atoms with Gasteiger partial charge in [0.1, 0.15) is 13.2 Å². The lowest BCUT2D eigenvalue weighted by Crippen LogP contribution is -2.30. The molecule has 0 spiro atoms. The lowest BCUT2D eigenvalue weighted by molar-refractivity contribution is -0.167. The summed E-state index contributed by atoms with van der Waals surface area (Å²) in [6, 6.07) is 0. The van der Waals surface area contributed by atoms with Crippen LogP contribution in [0.1, 0.15) is 323 Å². The van der Waals surface area contributed by atoms with Gasteiger partial charge in [-0.3, -0.25) is 14.4 Å². The molecule has 0 saturated heterocycles. The van der Waals surface area contributed by atoms with Crippen molar-refractivity contribution < 1.29 is 28.6 Å². The second-order valence-corrected chi connectivity index (χ2v) is 22.7. The van der Waals surface area contributed by atoms with Gasteiger partial charge in [-0.2, -0.15) is 0 Å². The zero-order valence-corrected chi connectivity index (χ0v) is 53.7. The van der Waals surface area contributed by atoms with Crippen LogP contribution >= 0.6 is 0 Å². The van der Waals surface area contributed by atoms with Crippen molar-refractivity contribution in [2.24, 2.45) is 0 Å². The van der Waals surface area contributed by atoms with E-state index in [2.05, 4.69) is 142 Å². The number of hydrogen-bond acceptors (Lipinski definition) is 6. The van der Waals surface area contributed by atoms with Crippen molar-refractivity contribution in [3.63, 3.8) is 0 Å². The SMILES string of the molecule is CC/C=C\C/C=C\C/C=C\C/C=C\C/C=C\CCCCCCCCCCCCCCCCCCCCCC(=O)OCC(COC(=O)CCCCCCC/C=C\C/C=C\CCCC)OC(=O)CCCCCCC/C=C\C/C=C\C/C=C\CC. The molecule has 0 aliphatic carbocycles. The number of carbonyl (C=O) groups excluding carboxylic acids is 3.